The van der Waals surface area contributed by atoms with Gasteiger partial charge in [0.15, 0.2) is 0 Å². The van der Waals surface area contributed by atoms with Crippen LogP contribution in [0.5, 0.6) is 5.88 Å². The number of ether oxygens (including phenoxy) is 1. The quantitative estimate of drug-likeness (QED) is 0.362. The third-order valence-corrected chi connectivity index (χ3v) is 7.11. The van der Waals surface area contributed by atoms with E-state index in [0.29, 0.717) is 26.1 Å². The first-order valence-corrected chi connectivity index (χ1v) is 12.3. The number of nitrogens with one attached hydrogen (secondary N) is 2. The molecule has 2 heterocycles. The lowest BCUT2D eigenvalue weighted by Crippen LogP contribution is -2.29. The van der Waals surface area contributed by atoms with Gasteiger partial charge in [-0.15, -0.1) is 0 Å². The van der Waals surface area contributed by atoms with Crippen molar-refractivity contribution in [1.82, 2.24) is 14.9 Å². The number of para-hydroxylation sites is 1. The van der Waals surface area contributed by atoms with Crippen molar-refractivity contribution in [2.24, 2.45) is 0 Å². The number of carbonyl (C=O) groups is 1. The first-order chi connectivity index (χ1) is 16.4. The number of hydrogen-bond acceptors (Lipinski definition) is 6. The zero-order chi connectivity index (χ0) is 24.2. The van der Waals surface area contributed by atoms with E-state index in [-0.39, 0.29) is 17.4 Å². The zero-order valence-electron chi connectivity index (χ0n) is 18.7. The second kappa shape index (κ2) is 10.9. The van der Waals surface area contributed by atoms with Crippen LogP contribution in [0, 0.1) is 0 Å². The summed E-state index contributed by atoms with van der Waals surface area (Å²) >= 11 is 16.2. The van der Waals surface area contributed by atoms with Crippen molar-refractivity contribution in [3.63, 3.8) is 0 Å². The first kappa shape index (κ1) is 24.7. The Morgan fingerprint density at radius 2 is 1.94 bits per heavy atom. The number of nitrogens with zero attached hydrogens (tertiary/aromatic N) is 3. The normalized spacial score (nSPS) is 14.6. The van der Waals surface area contributed by atoms with Crippen molar-refractivity contribution < 1.29 is 9.53 Å². The van der Waals surface area contributed by atoms with Crippen molar-refractivity contribution in [3.05, 3.63) is 68.2 Å². The Morgan fingerprint density at radius 3 is 2.62 bits per heavy atom. The van der Waals surface area contributed by atoms with Gasteiger partial charge in [-0.1, -0.05) is 35.3 Å². The number of hydrogen-bond donors (Lipinski definition) is 2. The fourth-order valence-electron chi connectivity index (χ4n) is 3.92. The van der Waals surface area contributed by atoms with E-state index in [1.807, 2.05) is 12.1 Å². The molecule has 1 aromatic heterocycles. The average Bonchev–Trinajstić information content (AvgIpc) is 2.82. The predicted molar refractivity (Wildman–Crippen MR) is 140 cm³/mol. The summed E-state index contributed by atoms with van der Waals surface area (Å²) in [6.45, 7) is 2.14. The van der Waals surface area contributed by atoms with Crippen molar-refractivity contribution in [1.29, 1.82) is 0 Å². The molecule has 0 aliphatic carbocycles. The molecule has 10 heteroatoms. The van der Waals surface area contributed by atoms with Crippen LogP contribution >= 0.6 is 39.1 Å². The number of anilines is 3. The molecule has 1 fully saturated rings. The highest BCUT2D eigenvalue weighted by molar-refractivity contribution is 9.10. The summed E-state index contributed by atoms with van der Waals surface area (Å²) in [5.74, 6) is 0.440. The molecule has 3 aromatic rings. The molecule has 0 atom stereocenters. The Kier molecular flexibility index (Phi) is 7.93. The SMILES string of the molecule is COc1nc(Nc2ccc(C3CCN(C)CC3)c(Cl)c2)ncc1C(=O)Nc1c(Cl)cccc1Br. The maximum Gasteiger partial charge on any atom is 0.262 e. The van der Waals surface area contributed by atoms with Crippen LogP contribution in [0.1, 0.15) is 34.7 Å². The lowest BCUT2D eigenvalue weighted by atomic mass is 9.89. The maximum atomic E-state index is 12.8. The molecule has 4 rings (SSSR count). The minimum atomic E-state index is -0.442. The fraction of sp³-hybridized carbons (Fsp3) is 0.292. The highest BCUT2D eigenvalue weighted by atomic mass is 79.9. The minimum absolute atomic E-state index is 0.132. The fourth-order valence-corrected chi connectivity index (χ4v) is 5.06. The molecule has 1 saturated heterocycles. The number of piperidine rings is 1. The van der Waals surface area contributed by atoms with Crippen LogP contribution in [-0.4, -0.2) is 48.0 Å². The summed E-state index contributed by atoms with van der Waals surface area (Å²) in [4.78, 5) is 23.8. The van der Waals surface area contributed by atoms with Gasteiger partial charge >= 0.3 is 0 Å². The maximum absolute atomic E-state index is 12.8. The molecule has 2 N–H and O–H groups in total. The first-order valence-electron chi connectivity index (χ1n) is 10.8. The van der Waals surface area contributed by atoms with E-state index < -0.39 is 5.91 Å². The molecule has 178 valence electrons. The molecular weight excluding hydrogens is 541 g/mol. The van der Waals surface area contributed by atoms with Crippen molar-refractivity contribution in [2.45, 2.75) is 18.8 Å². The number of benzene rings is 2. The Morgan fingerprint density at radius 1 is 1.18 bits per heavy atom. The largest absolute Gasteiger partial charge is 0.480 e. The Bertz CT molecular complexity index is 1180. The zero-order valence-corrected chi connectivity index (χ0v) is 21.8. The van der Waals surface area contributed by atoms with Gasteiger partial charge in [0, 0.05) is 21.4 Å². The molecule has 0 unspecified atom stereocenters. The molecule has 0 spiro atoms. The number of likely N-dealkylation sites (tertiary alicyclic amines) is 1. The van der Waals surface area contributed by atoms with Gasteiger partial charge in [0.1, 0.15) is 5.56 Å². The van der Waals surface area contributed by atoms with Crippen LogP contribution in [0.4, 0.5) is 17.3 Å². The van der Waals surface area contributed by atoms with Gasteiger partial charge in [-0.25, -0.2) is 4.98 Å². The minimum Gasteiger partial charge on any atom is -0.480 e. The molecule has 1 amide bonds. The van der Waals surface area contributed by atoms with Crippen LogP contribution in [0.2, 0.25) is 10.0 Å². The highest BCUT2D eigenvalue weighted by Crippen LogP contribution is 2.35. The van der Waals surface area contributed by atoms with E-state index >= 15 is 0 Å². The van der Waals surface area contributed by atoms with Gasteiger partial charge in [0.05, 0.1) is 17.8 Å². The molecular formula is C24H24BrCl2N5O2. The van der Waals surface area contributed by atoms with Crippen molar-refractivity contribution >= 4 is 62.4 Å². The van der Waals surface area contributed by atoms with E-state index in [0.717, 1.165) is 37.2 Å². The number of amides is 1. The molecule has 0 bridgehead atoms. The van der Waals surface area contributed by atoms with Crippen LogP contribution in [0.3, 0.4) is 0 Å². The van der Waals surface area contributed by atoms with E-state index in [2.05, 4.69) is 54.5 Å². The second-order valence-electron chi connectivity index (χ2n) is 8.11. The number of halogens is 3. The van der Waals surface area contributed by atoms with Gasteiger partial charge in [0.25, 0.3) is 5.91 Å². The van der Waals surface area contributed by atoms with E-state index in [4.69, 9.17) is 27.9 Å². The van der Waals surface area contributed by atoms with Crippen LogP contribution in [0.25, 0.3) is 0 Å². The van der Waals surface area contributed by atoms with Crippen LogP contribution < -0.4 is 15.4 Å². The number of methoxy groups -OCH3 is 1. The smallest absolute Gasteiger partial charge is 0.262 e. The molecule has 2 aromatic carbocycles. The Hall–Kier alpha value is -2.39. The van der Waals surface area contributed by atoms with E-state index in [1.54, 1.807) is 18.2 Å². The monoisotopic (exact) mass is 563 g/mol. The third kappa shape index (κ3) is 5.63. The lowest BCUT2D eigenvalue weighted by Gasteiger charge is -2.29. The Balaban J connectivity index is 1.49. The van der Waals surface area contributed by atoms with Gasteiger partial charge < -0.3 is 20.3 Å². The van der Waals surface area contributed by atoms with Gasteiger partial charge in [-0.2, -0.15) is 4.98 Å². The number of aromatic nitrogens is 2. The highest BCUT2D eigenvalue weighted by Gasteiger charge is 2.21. The van der Waals surface area contributed by atoms with Gasteiger partial charge in [0.2, 0.25) is 11.8 Å². The predicted octanol–water partition coefficient (Wildman–Crippen LogP) is 6.36. The topological polar surface area (TPSA) is 79.4 Å². The van der Waals surface area contributed by atoms with Gasteiger partial charge in [-0.3, -0.25) is 4.79 Å². The molecule has 1 aliphatic rings. The summed E-state index contributed by atoms with van der Waals surface area (Å²) in [5.41, 5.74) is 2.55. The summed E-state index contributed by atoms with van der Waals surface area (Å²) in [6.07, 6.45) is 3.60. The lowest BCUT2D eigenvalue weighted by molar-refractivity contribution is 0.102. The average molecular weight is 565 g/mol. The third-order valence-electron chi connectivity index (χ3n) is 5.81. The molecule has 34 heavy (non-hydrogen) atoms. The van der Waals surface area contributed by atoms with Crippen molar-refractivity contribution in [3.8, 4) is 5.88 Å². The standard InChI is InChI=1S/C24H24BrCl2N5O2/c1-32-10-8-14(9-11-32)16-7-6-15(12-20(16)27)29-24-28-13-17(23(31-24)34-2)22(33)30-21-18(25)4-3-5-19(21)26/h3-7,12-14H,8-11H2,1-2H3,(H,30,33)(H,28,29,31). The number of rotatable bonds is 6. The van der Waals surface area contributed by atoms with Crippen LogP contribution in [0.15, 0.2) is 47.1 Å². The number of carbonyl (C=O) groups excluding carboxylic acids is 1. The van der Waals surface area contributed by atoms with Crippen LogP contribution in [-0.2, 0) is 0 Å². The summed E-state index contributed by atoms with van der Waals surface area (Å²) < 4.78 is 6.01. The molecule has 0 radical (unpaired) electrons. The summed E-state index contributed by atoms with van der Waals surface area (Å²) in [5, 5.41) is 7.02. The summed E-state index contributed by atoms with van der Waals surface area (Å²) in [6, 6.07) is 11.1. The van der Waals surface area contributed by atoms with E-state index in [1.165, 1.54) is 13.3 Å². The molecule has 0 saturated carbocycles. The molecule has 7 nitrogen and oxygen atoms in total. The Labute approximate surface area is 217 Å². The summed E-state index contributed by atoms with van der Waals surface area (Å²) in [7, 11) is 3.59. The van der Waals surface area contributed by atoms with Gasteiger partial charge in [-0.05, 0) is 84.7 Å². The van der Waals surface area contributed by atoms with Crippen molar-refractivity contribution in [2.75, 3.05) is 37.9 Å². The molecule has 1 aliphatic heterocycles. The van der Waals surface area contributed by atoms with E-state index in [9.17, 15) is 4.79 Å². The second-order valence-corrected chi connectivity index (χ2v) is 9.77.